The van der Waals surface area contributed by atoms with Crippen LogP contribution < -0.4 is 34.3 Å². The number of benzene rings is 2. The fourth-order valence-corrected chi connectivity index (χ4v) is 9.66. The Bertz CT molecular complexity index is 2420. The van der Waals surface area contributed by atoms with Gasteiger partial charge >= 0.3 is 0 Å². The van der Waals surface area contributed by atoms with E-state index in [2.05, 4.69) is 26.9 Å². The zero-order valence-electron chi connectivity index (χ0n) is 33.5. The molecule has 3 N–H and O–H groups in total. The van der Waals surface area contributed by atoms with Crippen LogP contribution in [0.25, 0.3) is 22.0 Å². The van der Waals surface area contributed by atoms with Crippen LogP contribution in [-0.2, 0) is 24.4 Å². The number of nitrogens with zero attached hydrogens (tertiary/aromatic N) is 3. The summed E-state index contributed by atoms with van der Waals surface area (Å²) in [7, 11) is 0.735. The van der Waals surface area contributed by atoms with Crippen molar-refractivity contribution in [2.75, 3.05) is 33.2 Å². The molecule has 0 unspecified atom stereocenters. The quantitative estimate of drug-likeness (QED) is 0.126. The lowest BCUT2D eigenvalue weighted by Gasteiger charge is -2.35. The number of hydrogen-bond donors (Lipinski definition) is 3. The number of aromatic nitrogens is 2. The maximum Gasteiger partial charge on any atom is 0.259 e. The molecule has 2 aliphatic carbocycles. The van der Waals surface area contributed by atoms with Gasteiger partial charge in [-0.15, -0.1) is 17.9 Å². The molecule has 3 amide bonds. The standard InChI is InChI=1S/C41H47ClN6O9S2/c1-8-23-18-41(23,38(51)47-59(52,53)26-11-12-26)46-35(49)30-17-25(57-36-28-16-24(42)10-13-27(28)33(56-7)19-43-36)20-48(30)37(50)34(40(2,3)4)45-39-44-29(21-58-39)22-9-14-31(54-5)32(15-22)55-6/h8-10,13-16,19,21,23,25-26,30,34H,1,11-12,17-18,20H2,2-7H3,(H,44,45)(H,46,49)(H,47,51)/t23-,25-,30+,34-,41-/m1/s1. The van der Waals surface area contributed by atoms with Crippen LogP contribution in [0.4, 0.5) is 5.13 Å². The van der Waals surface area contributed by atoms with Crippen LogP contribution in [0.15, 0.2) is 60.6 Å². The first-order valence-corrected chi connectivity index (χ1v) is 21.9. The van der Waals surface area contributed by atoms with E-state index in [4.69, 9.17) is 35.5 Å². The molecule has 1 aliphatic heterocycles. The SMILES string of the molecule is C=C[C@@H]1C[C@]1(NC(=O)[C@@H]1C[C@@H](Oc2ncc(OC)c3ccc(Cl)cc23)CN1C(=O)[C@@H](Nc1nc(-c2ccc(OC)c(OC)c2)cs1)C(C)(C)C)C(=O)NS(=O)(=O)C1CC1. The summed E-state index contributed by atoms with van der Waals surface area (Å²) in [6, 6.07) is 8.68. The van der Waals surface area contributed by atoms with Crippen LogP contribution in [0.3, 0.4) is 0 Å². The van der Waals surface area contributed by atoms with Gasteiger partial charge in [-0.2, -0.15) is 0 Å². The fraction of sp³-hybridized carbons (Fsp3) is 0.439. The number of hydrogen-bond acceptors (Lipinski definition) is 13. The molecule has 0 radical (unpaired) electrons. The number of sulfonamides is 1. The molecule has 3 heterocycles. The Hall–Kier alpha value is -5.13. The number of thiazole rings is 1. The second kappa shape index (κ2) is 16.1. The first-order chi connectivity index (χ1) is 28.0. The average molecular weight is 867 g/mol. The monoisotopic (exact) mass is 866 g/mol. The van der Waals surface area contributed by atoms with Crippen LogP contribution in [0.5, 0.6) is 23.1 Å². The third-order valence-corrected chi connectivity index (χ3v) is 13.8. The number of amides is 3. The molecular weight excluding hydrogens is 820 g/mol. The Balaban J connectivity index is 1.19. The minimum atomic E-state index is -3.91. The van der Waals surface area contributed by atoms with Crippen LogP contribution in [-0.4, -0.2) is 97.9 Å². The molecule has 59 heavy (non-hydrogen) atoms. The van der Waals surface area contributed by atoms with Crippen LogP contribution in [0.1, 0.15) is 46.5 Å². The Labute approximate surface area is 351 Å². The van der Waals surface area contributed by atoms with E-state index in [1.54, 1.807) is 38.5 Å². The molecule has 2 aromatic heterocycles. The number of anilines is 1. The van der Waals surface area contributed by atoms with Crippen LogP contribution in [0, 0.1) is 11.3 Å². The Kier molecular flexibility index (Phi) is 11.5. The van der Waals surface area contributed by atoms with E-state index in [1.165, 1.54) is 35.6 Å². The van der Waals surface area contributed by atoms with Gasteiger partial charge in [0.2, 0.25) is 27.7 Å². The number of ether oxygens (including phenoxy) is 4. The van der Waals surface area contributed by atoms with E-state index in [1.807, 2.05) is 38.3 Å². The van der Waals surface area contributed by atoms with Crippen LogP contribution >= 0.6 is 22.9 Å². The zero-order chi connectivity index (χ0) is 42.4. The number of carbonyl (C=O) groups excluding carboxylic acids is 3. The first-order valence-electron chi connectivity index (χ1n) is 19.1. The summed E-state index contributed by atoms with van der Waals surface area (Å²) in [4.78, 5) is 53.8. The molecular formula is C41H47ClN6O9S2. The lowest BCUT2D eigenvalue weighted by Crippen LogP contribution is -2.58. The molecule has 3 aliphatic rings. The van der Waals surface area contributed by atoms with Crippen LogP contribution in [0.2, 0.25) is 5.02 Å². The second-order valence-corrected chi connectivity index (χ2v) is 19.3. The highest BCUT2D eigenvalue weighted by Gasteiger charge is 2.62. The maximum absolute atomic E-state index is 14.9. The number of likely N-dealkylation sites (tertiary alicyclic amines) is 1. The average Bonchev–Trinajstić information content (AvgIpc) is 4.09. The third-order valence-electron chi connectivity index (χ3n) is 10.9. The molecule has 4 aromatic rings. The van der Waals surface area contributed by atoms with E-state index in [9.17, 15) is 22.8 Å². The molecule has 3 fully saturated rings. The summed E-state index contributed by atoms with van der Waals surface area (Å²) >= 11 is 7.71. The number of methoxy groups -OCH3 is 3. The predicted octanol–water partition coefficient (Wildman–Crippen LogP) is 5.58. The van der Waals surface area contributed by atoms with Gasteiger partial charge < -0.3 is 34.5 Å². The molecule has 2 saturated carbocycles. The van der Waals surface area contributed by atoms with E-state index in [-0.39, 0.29) is 25.3 Å². The fourth-order valence-electron chi connectivity index (χ4n) is 7.38. The highest BCUT2D eigenvalue weighted by Crippen LogP contribution is 2.46. The summed E-state index contributed by atoms with van der Waals surface area (Å²) in [5.41, 5.74) is -0.816. The van der Waals surface area contributed by atoms with Gasteiger partial charge in [-0.1, -0.05) is 38.4 Å². The van der Waals surface area contributed by atoms with E-state index in [0.717, 1.165) is 5.56 Å². The zero-order valence-corrected chi connectivity index (χ0v) is 35.9. The number of nitrogens with one attached hydrogen (secondary N) is 3. The molecule has 0 bridgehead atoms. The Morgan fingerprint density at radius 2 is 1.76 bits per heavy atom. The van der Waals surface area contributed by atoms with E-state index in [0.29, 0.717) is 56.7 Å². The number of pyridine rings is 1. The lowest BCUT2D eigenvalue weighted by molar-refractivity contribution is -0.141. The number of halogens is 1. The van der Waals surface area contributed by atoms with E-state index >= 15 is 0 Å². The van der Waals surface area contributed by atoms with Gasteiger partial charge in [0.05, 0.1) is 45.0 Å². The van der Waals surface area contributed by atoms with Crippen molar-refractivity contribution >= 4 is 66.6 Å². The summed E-state index contributed by atoms with van der Waals surface area (Å²) in [5, 5.41) is 9.60. The van der Waals surface area contributed by atoms with Crippen molar-refractivity contribution in [3.05, 3.63) is 65.7 Å². The largest absolute Gasteiger partial charge is 0.494 e. The molecule has 0 spiro atoms. The third kappa shape index (κ3) is 8.50. The topological polar surface area (TPSA) is 187 Å². The van der Waals surface area contributed by atoms with Gasteiger partial charge in [-0.3, -0.25) is 19.1 Å². The maximum atomic E-state index is 14.9. The van der Waals surface area contributed by atoms with Crippen molar-refractivity contribution in [2.45, 2.75) is 75.4 Å². The molecule has 314 valence electrons. The summed E-state index contributed by atoms with van der Waals surface area (Å²) < 4.78 is 50.6. The van der Waals surface area contributed by atoms with Gasteiger partial charge in [0.25, 0.3) is 5.91 Å². The molecule has 15 nitrogen and oxygen atoms in total. The van der Waals surface area contributed by atoms with Crippen molar-refractivity contribution in [3.8, 4) is 34.4 Å². The lowest BCUT2D eigenvalue weighted by atomic mass is 9.85. The summed E-state index contributed by atoms with van der Waals surface area (Å²) in [5.74, 6) is -0.547. The van der Waals surface area contributed by atoms with Gasteiger partial charge in [-0.05, 0) is 61.1 Å². The highest BCUT2D eigenvalue weighted by atomic mass is 35.5. The van der Waals surface area contributed by atoms with Crippen molar-refractivity contribution in [1.29, 1.82) is 0 Å². The molecule has 2 aromatic carbocycles. The van der Waals surface area contributed by atoms with Crippen molar-refractivity contribution in [2.24, 2.45) is 11.3 Å². The predicted molar refractivity (Wildman–Crippen MR) is 225 cm³/mol. The Morgan fingerprint density at radius 3 is 2.41 bits per heavy atom. The van der Waals surface area contributed by atoms with Gasteiger partial charge in [0.15, 0.2) is 16.6 Å². The molecule has 7 rings (SSSR count). The number of rotatable bonds is 15. The normalized spacial score (nSPS) is 21.9. The van der Waals surface area contributed by atoms with Gasteiger partial charge in [-0.25, -0.2) is 18.4 Å². The second-order valence-electron chi connectivity index (χ2n) is 16.0. The summed E-state index contributed by atoms with van der Waals surface area (Å²) in [6.07, 6.45) is 3.40. The number of carbonyl (C=O) groups is 3. The van der Waals surface area contributed by atoms with Crippen molar-refractivity contribution < 1.29 is 41.7 Å². The minimum Gasteiger partial charge on any atom is -0.494 e. The van der Waals surface area contributed by atoms with Gasteiger partial charge in [0.1, 0.15) is 29.5 Å². The minimum absolute atomic E-state index is 0.0180. The first kappa shape index (κ1) is 42.0. The summed E-state index contributed by atoms with van der Waals surface area (Å²) in [6.45, 7) is 9.50. The van der Waals surface area contributed by atoms with Crippen molar-refractivity contribution in [3.63, 3.8) is 0 Å². The van der Waals surface area contributed by atoms with E-state index < -0.39 is 68.1 Å². The van der Waals surface area contributed by atoms with Gasteiger partial charge in [0, 0.05) is 39.1 Å². The molecule has 18 heteroatoms. The molecule has 5 atom stereocenters. The highest BCUT2D eigenvalue weighted by molar-refractivity contribution is 7.91. The molecule has 1 saturated heterocycles. The Morgan fingerprint density at radius 1 is 1.03 bits per heavy atom. The smallest absolute Gasteiger partial charge is 0.259 e. The number of fused-ring (bicyclic) bond motifs is 1. The van der Waals surface area contributed by atoms with Crippen molar-refractivity contribution in [1.82, 2.24) is 24.9 Å².